The summed E-state index contributed by atoms with van der Waals surface area (Å²) in [5, 5.41) is 20.6. The molecule has 2 aromatic rings. The number of benzene rings is 1. The number of nitro benzene ring substituents is 1. The van der Waals surface area contributed by atoms with Gasteiger partial charge < -0.3 is 15.1 Å². The van der Waals surface area contributed by atoms with Crippen LogP contribution in [0.1, 0.15) is 18.4 Å². The number of aromatic amines is 2. The van der Waals surface area contributed by atoms with Gasteiger partial charge in [-0.2, -0.15) is 0 Å². The molecular weight excluding hydrogens is 304 g/mol. The van der Waals surface area contributed by atoms with Crippen LogP contribution in [-0.2, 0) is 6.54 Å². The maximum absolute atomic E-state index is 11.6. The van der Waals surface area contributed by atoms with Gasteiger partial charge in [0.15, 0.2) is 0 Å². The second kappa shape index (κ2) is 5.94. The SMILES string of the molecule is O=c1[nH]c2cc([N+](=O)[O-])cc(CN3CCC(O)CC3)c2[nH]c1=O. The molecule has 1 aliphatic rings. The standard InChI is InChI=1S/C14H16N4O5/c19-10-1-3-17(4-2-10)7-8-5-9(18(22)23)6-11-12(8)16-14(21)13(20)15-11/h5-6,10,19H,1-4,7H2,(H,15,20)(H,16,21). The second-order valence-corrected chi connectivity index (χ2v) is 5.70. The van der Waals surface area contributed by atoms with Gasteiger partial charge in [0, 0.05) is 31.8 Å². The molecule has 0 saturated carbocycles. The van der Waals surface area contributed by atoms with Crippen molar-refractivity contribution in [2.24, 2.45) is 0 Å². The van der Waals surface area contributed by atoms with Crippen molar-refractivity contribution < 1.29 is 10.0 Å². The molecule has 2 heterocycles. The average molecular weight is 320 g/mol. The Balaban J connectivity index is 2.06. The molecule has 1 saturated heterocycles. The molecule has 9 nitrogen and oxygen atoms in total. The quantitative estimate of drug-likeness (QED) is 0.417. The van der Waals surface area contributed by atoms with Crippen molar-refractivity contribution in [1.82, 2.24) is 14.9 Å². The summed E-state index contributed by atoms with van der Waals surface area (Å²) in [6.07, 6.45) is 0.963. The number of fused-ring (bicyclic) bond motifs is 1. The molecular formula is C14H16N4O5. The number of aliphatic hydroxyl groups excluding tert-OH is 1. The fourth-order valence-corrected chi connectivity index (χ4v) is 2.83. The zero-order valence-corrected chi connectivity index (χ0v) is 12.2. The number of hydrogen-bond acceptors (Lipinski definition) is 6. The Kier molecular flexibility index (Phi) is 3.97. The number of non-ortho nitro benzene ring substituents is 1. The summed E-state index contributed by atoms with van der Waals surface area (Å²) in [6, 6.07) is 2.64. The van der Waals surface area contributed by atoms with Gasteiger partial charge >= 0.3 is 11.1 Å². The zero-order valence-electron chi connectivity index (χ0n) is 12.2. The third-order valence-corrected chi connectivity index (χ3v) is 4.06. The number of H-pyrrole nitrogens is 2. The summed E-state index contributed by atoms with van der Waals surface area (Å²) in [5.74, 6) is 0. The summed E-state index contributed by atoms with van der Waals surface area (Å²) < 4.78 is 0. The second-order valence-electron chi connectivity index (χ2n) is 5.70. The predicted molar refractivity (Wildman–Crippen MR) is 82.4 cm³/mol. The van der Waals surface area contributed by atoms with Crippen molar-refractivity contribution in [3.8, 4) is 0 Å². The topological polar surface area (TPSA) is 132 Å². The normalized spacial score (nSPS) is 16.7. The Labute approximate surface area is 129 Å². The molecule has 3 rings (SSSR count). The third-order valence-electron chi connectivity index (χ3n) is 4.06. The molecule has 0 atom stereocenters. The van der Waals surface area contributed by atoms with Crippen LogP contribution < -0.4 is 11.1 Å². The van der Waals surface area contributed by atoms with Gasteiger partial charge in [-0.05, 0) is 18.4 Å². The first-order chi connectivity index (χ1) is 10.9. The Hall–Kier alpha value is -2.52. The minimum absolute atomic E-state index is 0.146. The van der Waals surface area contributed by atoms with Gasteiger partial charge in [0.2, 0.25) is 0 Å². The fraction of sp³-hybridized carbons (Fsp3) is 0.429. The van der Waals surface area contributed by atoms with Crippen LogP contribution >= 0.6 is 0 Å². The highest BCUT2D eigenvalue weighted by Gasteiger charge is 2.20. The average Bonchev–Trinajstić information content (AvgIpc) is 2.51. The molecule has 3 N–H and O–H groups in total. The minimum atomic E-state index is -0.843. The number of aliphatic hydroxyl groups is 1. The van der Waals surface area contributed by atoms with Gasteiger partial charge in [-0.1, -0.05) is 0 Å². The van der Waals surface area contributed by atoms with Crippen LogP contribution in [0, 0.1) is 10.1 Å². The maximum atomic E-state index is 11.6. The largest absolute Gasteiger partial charge is 0.393 e. The van der Waals surface area contributed by atoms with E-state index >= 15 is 0 Å². The Morgan fingerprint density at radius 2 is 1.87 bits per heavy atom. The number of likely N-dealkylation sites (tertiary alicyclic amines) is 1. The molecule has 0 radical (unpaired) electrons. The first-order valence-electron chi connectivity index (χ1n) is 7.28. The van der Waals surface area contributed by atoms with Crippen LogP contribution in [0.15, 0.2) is 21.7 Å². The molecule has 0 spiro atoms. The molecule has 1 fully saturated rings. The summed E-state index contributed by atoms with van der Waals surface area (Å²) in [5.41, 5.74) is -0.583. The van der Waals surface area contributed by atoms with Crippen molar-refractivity contribution >= 4 is 16.7 Å². The van der Waals surface area contributed by atoms with Crippen molar-refractivity contribution in [3.63, 3.8) is 0 Å². The number of nitro groups is 1. The summed E-state index contributed by atoms with van der Waals surface area (Å²) in [7, 11) is 0. The van der Waals surface area contributed by atoms with Crippen LogP contribution in [0.25, 0.3) is 11.0 Å². The van der Waals surface area contributed by atoms with Crippen molar-refractivity contribution in [2.45, 2.75) is 25.5 Å². The number of hydrogen-bond donors (Lipinski definition) is 3. The lowest BCUT2D eigenvalue weighted by Gasteiger charge is -2.29. The molecule has 1 aromatic heterocycles. The van der Waals surface area contributed by atoms with E-state index in [-0.39, 0.29) is 17.3 Å². The van der Waals surface area contributed by atoms with Crippen LogP contribution in [0.2, 0.25) is 0 Å². The summed E-state index contributed by atoms with van der Waals surface area (Å²) in [6.45, 7) is 1.73. The first kappa shape index (κ1) is 15.4. The van der Waals surface area contributed by atoms with Crippen LogP contribution in [0.5, 0.6) is 0 Å². The highest BCUT2D eigenvalue weighted by Crippen LogP contribution is 2.24. The van der Waals surface area contributed by atoms with Crippen molar-refractivity contribution in [1.29, 1.82) is 0 Å². The molecule has 23 heavy (non-hydrogen) atoms. The molecule has 1 aromatic carbocycles. The van der Waals surface area contributed by atoms with E-state index in [1.807, 2.05) is 0 Å². The monoisotopic (exact) mass is 320 g/mol. The van der Waals surface area contributed by atoms with E-state index < -0.39 is 16.0 Å². The van der Waals surface area contributed by atoms with Crippen molar-refractivity contribution in [2.75, 3.05) is 13.1 Å². The lowest BCUT2D eigenvalue weighted by Crippen LogP contribution is -2.35. The van der Waals surface area contributed by atoms with Gasteiger partial charge in [-0.15, -0.1) is 0 Å². The number of nitrogens with zero attached hydrogens (tertiary/aromatic N) is 2. The van der Waals surface area contributed by atoms with E-state index in [0.717, 1.165) is 0 Å². The molecule has 1 aliphatic heterocycles. The van der Waals surface area contributed by atoms with E-state index in [9.17, 15) is 24.8 Å². The van der Waals surface area contributed by atoms with Crippen LogP contribution in [0.4, 0.5) is 5.69 Å². The number of piperidine rings is 1. The van der Waals surface area contributed by atoms with E-state index in [1.165, 1.54) is 12.1 Å². The number of rotatable bonds is 3. The Bertz CT molecular complexity index is 864. The van der Waals surface area contributed by atoms with Crippen LogP contribution in [-0.4, -0.2) is 44.1 Å². The van der Waals surface area contributed by atoms with Gasteiger partial charge in [0.1, 0.15) is 0 Å². The van der Waals surface area contributed by atoms with E-state index in [4.69, 9.17) is 0 Å². The summed E-state index contributed by atoms with van der Waals surface area (Å²) >= 11 is 0. The Morgan fingerprint density at radius 1 is 1.22 bits per heavy atom. The predicted octanol–water partition coefficient (Wildman–Crippen LogP) is 0.0813. The summed E-state index contributed by atoms with van der Waals surface area (Å²) in [4.78, 5) is 40.5. The number of nitrogens with one attached hydrogen (secondary N) is 2. The van der Waals surface area contributed by atoms with Gasteiger partial charge in [-0.25, -0.2) is 0 Å². The highest BCUT2D eigenvalue weighted by molar-refractivity contribution is 5.80. The lowest BCUT2D eigenvalue weighted by molar-refractivity contribution is -0.384. The van der Waals surface area contributed by atoms with E-state index in [1.54, 1.807) is 0 Å². The van der Waals surface area contributed by atoms with Crippen LogP contribution in [0.3, 0.4) is 0 Å². The molecule has 0 amide bonds. The van der Waals surface area contributed by atoms with E-state index in [2.05, 4.69) is 14.9 Å². The smallest absolute Gasteiger partial charge is 0.314 e. The number of aromatic nitrogens is 2. The fourth-order valence-electron chi connectivity index (χ4n) is 2.83. The molecule has 9 heteroatoms. The van der Waals surface area contributed by atoms with Gasteiger partial charge in [0.25, 0.3) is 5.69 Å². The van der Waals surface area contributed by atoms with Gasteiger partial charge in [0.05, 0.1) is 22.1 Å². The minimum Gasteiger partial charge on any atom is -0.393 e. The lowest BCUT2D eigenvalue weighted by atomic mass is 10.1. The highest BCUT2D eigenvalue weighted by atomic mass is 16.6. The Morgan fingerprint density at radius 3 is 2.52 bits per heavy atom. The zero-order chi connectivity index (χ0) is 16.6. The van der Waals surface area contributed by atoms with Crippen molar-refractivity contribution in [3.05, 3.63) is 48.5 Å². The first-order valence-corrected chi connectivity index (χ1v) is 7.28. The molecule has 0 unspecified atom stereocenters. The molecule has 0 aliphatic carbocycles. The molecule has 122 valence electrons. The van der Waals surface area contributed by atoms with Gasteiger partial charge in [-0.3, -0.25) is 24.6 Å². The molecule has 0 bridgehead atoms. The third kappa shape index (κ3) is 3.15. The van der Waals surface area contributed by atoms with E-state index in [0.29, 0.717) is 43.6 Å². The maximum Gasteiger partial charge on any atom is 0.314 e.